The van der Waals surface area contributed by atoms with Crippen molar-refractivity contribution in [2.24, 2.45) is 0 Å². The Balaban J connectivity index is 2.14. The van der Waals surface area contributed by atoms with E-state index in [1.165, 1.54) is 4.40 Å². The number of imidazole rings is 1. The van der Waals surface area contributed by atoms with Crippen molar-refractivity contribution in [3.05, 3.63) is 58.3 Å². The summed E-state index contributed by atoms with van der Waals surface area (Å²) in [6, 6.07) is 10.8. The Bertz CT molecular complexity index is 842. The van der Waals surface area contributed by atoms with Gasteiger partial charge in [-0.3, -0.25) is 4.40 Å². The van der Waals surface area contributed by atoms with E-state index in [0.717, 1.165) is 10.0 Å². The second-order valence-corrected chi connectivity index (χ2v) is 5.43. The molecule has 0 aliphatic rings. The maximum Gasteiger partial charge on any atom is 0.358 e. The van der Waals surface area contributed by atoms with E-state index >= 15 is 0 Å². The Morgan fingerprint density at radius 3 is 2.90 bits per heavy atom. The van der Waals surface area contributed by atoms with Crippen molar-refractivity contribution in [1.82, 2.24) is 9.38 Å². The smallest absolute Gasteiger partial charge is 0.358 e. The first-order chi connectivity index (χ1) is 10.1. The molecule has 1 N–H and O–H groups in total. The van der Waals surface area contributed by atoms with Gasteiger partial charge < -0.3 is 9.84 Å². The van der Waals surface area contributed by atoms with E-state index in [4.69, 9.17) is 4.74 Å². The largest absolute Gasteiger partial charge is 0.476 e. The van der Waals surface area contributed by atoms with Gasteiger partial charge in [0.05, 0.1) is 0 Å². The van der Waals surface area contributed by atoms with E-state index in [2.05, 4.69) is 20.9 Å². The highest BCUT2D eigenvalue weighted by atomic mass is 79.9. The van der Waals surface area contributed by atoms with Gasteiger partial charge >= 0.3 is 5.97 Å². The van der Waals surface area contributed by atoms with Crippen LogP contribution >= 0.6 is 15.9 Å². The van der Waals surface area contributed by atoms with E-state index in [1.54, 1.807) is 30.5 Å². The highest BCUT2D eigenvalue weighted by Crippen LogP contribution is 2.30. The number of pyridine rings is 1. The van der Waals surface area contributed by atoms with E-state index < -0.39 is 5.97 Å². The van der Waals surface area contributed by atoms with Gasteiger partial charge in [-0.25, -0.2) is 4.79 Å². The molecule has 0 saturated heterocycles. The average Bonchev–Trinajstić information content (AvgIpc) is 2.80. The summed E-state index contributed by atoms with van der Waals surface area (Å²) in [5.41, 5.74) is 1.43. The minimum absolute atomic E-state index is 0.00461. The first kappa shape index (κ1) is 13.6. The molecule has 3 aromatic rings. The van der Waals surface area contributed by atoms with E-state index in [0.29, 0.717) is 11.4 Å². The molecule has 6 heteroatoms. The molecule has 0 aliphatic carbocycles. The molecular weight excluding hydrogens is 336 g/mol. The Kier molecular flexibility index (Phi) is 3.39. The lowest BCUT2D eigenvalue weighted by molar-refractivity contribution is 0.0686. The van der Waals surface area contributed by atoms with Crippen LogP contribution in [0.3, 0.4) is 0 Å². The molecule has 0 fully saturated rings. The van der Waals surface area contributed by atoms with Crippen molar-refractivity contribution in [2.45, 2.75) is 6.92 Å². The molecule has 1 aromatic carbocycles. The van der Waals surface area contributed by atoms with E-state index in [-0.39, 0.29) is 11.6 Å². The van der Waals surface area contributed by atoms with Crippen LogP contribution in [-0.4, -0.2) is 20.5 Å². The van der Waals surface area contributed by atoms with Gasteiger partial charge in [0.15, 0.2) is 5.69 Å². The van der Waals surface area contributed by atoms with Gasteiger partial charge in [0.1, 0.15) is 11.4 Å². The standard InChI is InChI=1S/C15H11BrN2O3/c1-9-5-6-10(16)8-11(9)21-14-13(15(19)20)18-7-3-2-4-12(18)17-14/h2-8H,1H3,(H,19,20). The van der Waals surface area contributed by atoms with Crippen LogP contribution in [0.15, 0.2) is 47.1 Å². The van der Waals surface area contributed by atoms with Gasteiger partial charge in [-0.1, -0.05) is 28.1 Å². The fourth-order valence-electron chi connectivity index (χ4n) is 2.03. The first-order valence-electron chi connectivity index (χ1n) is 6.20. The summed E-state index contributed by atoms with van der Waals surface area (Å²) in [4.78, 5) is 15.7. The van der Waals surface area contributed by atoms with Gasteiger partial charge in [0.2, 0.25) is 0 Å². The van der Waals surface area contributed by atoms with Crippen LogP contribution in [0.2, 0.25) is 0 Å². The molecule has 106 valence electrons. The molecular formula is C15H11BrN2O3. The van der Waals surface area contributed by atoms with Gasteiger partial charge in [0, 0.05) is 10.7 Å². The third-order valence-electron chi connectivity index (χ3n) is 3.06. The zero-order valence-electron chi connectivity index (χ0n) is 11.1. The van der Waals surface area contributed by atoms with Crippen LogP contribution in [0, 0.1) is 6.92 Å². The zero-order chi connectivity index (χ0) is 15.0. The van der Waals surface area contributed by atoms with Gasteiger partial charge in [-0.15, -0.1) is 0 Å². The molecule has 0 amide bonds. The van der Waals surface area contributed by atoms with Crippen molar-refractivity contribution in [3.63, 3.8) is 0 Å². The summed E-state index contributed by atoms with van der Waals surface area (Å²) in [7, 11) is 0. The highest BCUT2D eigenvalue weighted by Gasteiger charge is 2.20. The SMILES string of the molecule is Cc1ccc(Br)cc1Oc1nc2ccccn2c1C(=O)O. The number of aromatic nitrogens is 2. The number of aromatic carboxylic acids is 1. The summed E-state index contributed by atoms with van der Waals surface area (Å²) in [6.45, 7) is 1.89. The maximum atomic E-state index is 11.5. The van der Waals surface area contributed by atoms with Gasteiger partial charge in [-0.05, 0) is 36.8 Å². The molecule has 3 rings (SSSR count). The number of rotatable bonds is 3. The lowest BCUT2D eigenvalue weighted by Crippen LogP contribution is -2.03. The maximum absolute atomic E-state index is 11.5. The monoisotopic (exact) mass is 346 g/mol. The van der Waals surface area contributed by atoms with Crippen LogP contribution in [0.25, 0.3) is 5.65 Å². The minimum Gasteiger partial charge on any atom is -0.476 e. The molecule has 2 aromatic heterocycles. The number of benzene rings is 1. The zero-order valence-corrected chi connectivity index (χ0v) is 12.7. The van der Waals surface area contributed by atoms with Crippen molar-refractivity contribution in [1.29, 1.82) is 0 Å². The second kappa shape index (κ2) is 5.21. The summed E-state index contributed by atoms with van der Waals surface area (Å²) in [5.74, 6) is -0.443. The second-order valence-electron chi connectivity index (χ2n) is 4.51. The number of nitrogens with zero attached hydrogens (tertiary/aromatic N) is 2. The van der Waals surface area contributed by atoms with E-state index in [9.17, 15) is 9.90 Å². The molecule has 2 heterocycles. The number of ether oxygens (including phenoxy) is 1. The molecule has 0 radical (unpaired) electrons. The van der Waals surface area contributed by atoms with Crippen molar-refractivity contribution in [3.8, 4) is 11.6 Å². The van der Waals surface area contributed by atoms with Crippen LogP contribution in [0.4, 0.5) is 0 Å². The van der Waals surface area contributed by atoms with Crippen molar-refractivity contribution in [2.75, 3.05) is 0 Å². The average molecular weight is 347 g/mol. The Morgan fingerprint density at radius 1 is 1.33 bits per heavy atom. The van der Waals surface area contributed by atoms with Crippen LogP contribution < -0.4 is 4.74 Å². The fourth-order valence-corrected chi connectivity index (χ4v) is 2.37. The number of hydrogen-bond acceptors (Lipinski definition) is 3. The molecule has 0 atom stereocenters. The molecule has 0 saturated carbocycles. The summed E-state index contributed by atoms with van der Waals surface area (Å²) < 4.78 is 8.07. The lowest BCUT2D eigenvalue weighted by atomic mass is 10.2. The normalized spacial score (nSPS) is 10.8. The summed E-state index contributed by atoms with van der Waals surface area (Å²) in [5, 5.41) is 9.40. The topological polar surface area (TPSA) is 63.8 Å². The predicted molar refractivity (Wildman–Crippen MR) is 81.1 cm³/mol. The number of carbonyl (C=O) groups is 1. The Hall–Kier alpha value is -2.34. The molecule has 0 unspecified atom stereocenters. The van der Waals surface area contributed by atoms with Gasteiger partial charge in [0.25, 0.3) is 5.88 Å². The number of halogens is 1. The highest BCUT2D eigenvalue weighted by molar-refractivity contribution is 9.10. The van der Waals surface area contributed by atoms with Crippen LogP contribution in [0.5, 0.6) is 11.6 Å². The molecule has 0 aliphatic heterocycles. The Morgan fingerprint density at radius 2 is 2.14 bits per heavy atom. The summed E-state index contributed by atoms with van der Waals surface area (Å²) in [6.07, 6.45) is 1.65. The third kappa shape index (κ3) is 2.50. The quantitative estimate of drug-likeness (QED) is 0.781. The first-order valence-corrected chi connectivity index (χ1v) is 7.00. The predicted octanol–water partition coefficient (Wildman–Crippen LogP) is 3.90. The van der Waals surface area contributed by atoms with E-state index in [1.807, 2.05) is 19.1 Å². The number of carboxylic acids is 1. The van der Waals surface area contributed by atoms with Crippen LogP contribution in [0.1, 0.15) is 16.1 Å². The molecule has 0 bridgehead atoms. The number of carboxylic acid groups (broad SMARTS) is 1. The molecule has 0 spiro atoms. The number of hydrogen-bond donors (Lipinski definition) is 1. The van der Waals surface area contributed by atoms with Crippen LogP contribution in [-0.2, 0) is 0 Å². The van der Waals surface area contributed by atoms with Crippen molar-refractivity contribution < 1.29 is 14.6 Å². The fraction of sp³-hybridized carbons (Fsp3) is 0.0667. The number of aryl methyl sites for hydroxylation is 1. The Labute approximate surface area is 128 Å². The van der Waals surface area contributed by atoms with Crippen molar-refractivity contribution >= 4 is 27.5 Å². The lowest BCUT2D eigenvalue weighted by Gasteiger charge is -2.07. The molecule has 5 nitrogen and oxygen atoms in total. The molecule has 21 heavy (non-hydrogen) atoms. The summed E-state index contributed by atoms with van der Waals surface area (Å²) >= 11 is 3.37. The van der Waals surface area contributed by atoms with Gasteiger partial charge in [-0.2, -0.15) is 4.98 Å². The third-order valence-corrected chi connectivity index (χ3v) is 3.55. The minimum atomic E-state index is -1.09. The number of fused-ring (bicyclic) bond motifs is 1.